The summed E-state index contributed by atoms with van der Waals surface area (Å²) in [4.78, 5) is 11.8. The minimum Gasteiger partial charge on any atom is -0.299 e. The fraction of sp³-hybridized carbons (Fsp3) is 0.500. The SMILES string of the molecule is CCC(=O)[C@@H]1[C@@H](c2cccc(Cl)c2)C1(C)C. The Labute approximate surface area is 102 Å². The van der Waals surface area contributed by atoms with Gasteiger partial charge < -0.3 is 0 Å². The Morgan fingerprint density at radius 1 is 1.44 bits per heavy atom. The largest absolute Gasteiger partial charge is 0.299 e. The lowest BCUT2D eigenvalue weighted by Gasteiger charge is -2.02. The second-order valence-electron chi connectivity index (χ2n) is 5.15. The van der Waals surface area contributed by atoms with E-state index in [2.05, 4.69) is 19.9 Å². The van der Waals surface area contributed by atoms with E-state index in [0.29, 0.717) is 18.1 Å². The molecular weight excluding hydrogens is 220 g/mol. The van der Waals surface area contributed by atoms with Gasteiger partial charge in [0.1, 0.15) is 5.78 Å². The van der Waals surface area contributed by atoms with E-state index in [0.717, 1.165) is 5.02 Å². The van der Waals surface area contributed by atoms with E-state index in [1.807, 2.05) is 25.1 Å². The highest BCUT2D eigenvalue weighted by atomic mass is 35.5. The molecule has 0 saturated heterocycles. The maximum absolute atomic E-state index is 11.8. The van der Waals surface area contributed by atoms with Crippen molar-refractivity contribution in [1.29, 1.82) is 0 Å². The van der Waals surface area contributed by atoms with Gasteiger partial charge in [-0.05, 0) is 29.0 Å². The molecule has 0 aromatic heterocycles. The minimum atomic E-state index is 0.0950. The molecule has 86 valence electrons. The van der Waals surface area contributed by atoms with E-state index in [1.165, 1.54) is 5.56 Å². The molecule has 2 heteroatoms. The standard InChI is InChI=1S/C14H17ClO/c1-4-11(16)13-12(14(13,2)3)9-6-5-7-10(15)8-9/h5-8,12-13H,4H2,1-3H3/t12-,13-/m1/s1. The molecule has 1 aromatic rings. The lowest BCUT2D eigenvalue weighted by Crippen LogP contribution is -2.03. The summed E-state index contributed by atoms with van der Waals surface area (Å²) in [6.07, 6.45) is 0.630. The van der Waals surface area contributed by atoms with Crippen molar-refractivity contribution in [3.05, 3.63) is 34.9 Å². The Bertz CT molecular complexity index is 422. The molecule has 0 heterocycles. The van der Waals surface area contributed by atoms with Gasteiger partial charge in [0, 0.05) is 17.4 Å². The van der Waals surface area contributed by atoms with Gasteiger partial charge in [-0.2, -0.15) is 0 Å². The van der Waals surface area contributed by atoms with Crippen molar-refractivity contribution in [3.8, 4) is 0 Å². The maximum Gasteiger partial charge on any atom is 0.136 e. The van der Waals surface area contributed by atoms with Gasteiger partial charge in [0.2, 0.25) is 0 Å². The fourth-order valence-corrected chi connectivity index (χ4v) is 2.98. The van der Waals surface area contributed by atoms with Crippen LogP contribution in [0.2, 0.25) is 5.02 Å². The second kappa shape index (κ2) is 3.89. The van der Waals surface area contributed by atoms with Crippen molar-refractivity contribution in [1.82, 2.24) is 0 Å². The average Bonchev–Trinajstić information content (AvgIpc) is 2.80. The van der Waals surface area contributed by atoms with Gasteiger partial charge in [-0.25, -0.2) is 0 Å². The summed E-state index contributed by atoms with van der Waals surface area (Å²) in [5.41, 5.74) is 1.29. The third kappa shape index (κ3) is 1.78. The summed E-state index contributed by atoms with van der Waals surface area (Å²) in [6, 6.07) is 7.88. The number of Topliss-reactive ketones (excluding diaryl/α,β-unsaturated/α-hetero) is 1. The normalized spacial score (nSPS) is 26.5. The fourth-order valence-electron chi connectivity index (χ4n) is 2.78. The summed E-state index contributed by atoms with van der Waals surface area (Å²) in [7, 11) is 0. The van der Waals surface area contributed by atoms with Crippen molar-refractivity contribution >= 4 is 17.4 Å². The van der Waals surface area contributed by atoms with E-state index in [9.17, 15) is 4.79 Å². The van der Waals surface area contributed by atoms with Gasteiger partial charge in [-0.15, -0.1) is 0 Å². The van der Waals surface area contributed by atoms with E-state index in [1.54, 1.807) is 0 Å². The Hall–Kier alpha value is -0.820. The number of ketones is 1. The first-order chi connectivity index (χ1) is 7.48. The zero-order valence-corrected chi connectivity index (χ0v) is 10.7. The van der Waals surface area contributed by atoms with E-state index < -0.39 is 0 Å². The van der Waals surface area contributed by atoms with Crippen LogP contribution in [-0.4, -0.2) is 5.78 Å². The molecule has 1 aliphatic rings. The molecule has 1 saturated carbocycles. The number of hydrogen-bond donors (Lipinski definition) is 0. The quantitative estimate of drug-likeness (QED) is 0.774. The van der Waals surface area contributed by atoms with Gasteiger partial charge in [0.25, 0.3) is 0 Å². The minimum absolute atomic E-state index is 0.0950. The van der Waals surface area contributed by atoms with Crippen molar-refractivity contribution in [2.45, 2.75) is 33.1 Å². The van der Waals surface area contributed by atoms with Crippen molar-refractivity contribution in [2.24, 2.45) is 11.3 Å². The molecule has 1 fully saturated rings. The summed E-state index contributed by atoms with van der Waals surface area (Å²) in [5, 5.41) is 0.753. The van der Waals surface area contributed by atoms with Crippen LogP contribution in [0.25, 0.3) is 0 Å². The molecule has 1 nitrogen and oxygen atoms in total. The number of carbonyl (C=O) groups excluding carboxylic acids is 1. The first kappa shape index (κ1) is 11.7. The van der Waals surface area contributed by atoms with Crippen LogP contribution < -0.4 is 0 Å². The predicted octanol–water partition coefficient (Wildman–Crippen LogP) is 4.06. The molecule has 2 rings (SSSR count). The molecule has 0 spiro atoms. The molecule has 16 heavy (non-hydrogen) atoms. The van der Waals surface area contributed by atoms with Crippen LogP contribution >= 0.6 is 11.6 Å². The highest BCUT2D eigenvalue weighted by Crippen LogP contribution is 2.65. The number of hydrogen-bond acceptors (Lipinski definition) is 1. The van der Waals surface area contributed by atoms with Crippen molar-refractivity contribution in [2.75, 3.05) is 0 Å². The third-order valence-corrected chi connectivity index (χ3v) is 3.97. The molecule has 0 aliphatic heterocycles. The number of rotatable bonds is 3. The van der Waals surface area contributed by atoms with Crippen LogP contribution in [-0.2, 0) is 4.79 Å². The zero-order chi connectivity index (χ0) is 11.9. The molecule has 2 atom stereocenters. The summed E-state index contributed by atoms with van der Waals surface area (Å²) in [6.45, 7) is 6.26. The lowest BCUT2D eigenvalue weighted by atomic mass is 10.0. The monoisotopic (exact) mass is 236 g/mol. The Kier molecular flexibility index (Phi) is 2.83. The highest BCUT2D eigenvalue weighted by Gasteiger charge is 2.61. The first-order valence-electron chi connectivity index (χ1n) is 5.76. The Balaban J connectivity index is 2.27. The highest BCUT2D eigenvalue weighted by molar-refractivity contribution is 6.30. The Morgan fingerprint density at radius 2 is 2.12 bits per heavy atom. The molecule has 1 aliphatic carbocycles. The van der Waals surface area contributed by atoms with Crippen LogP contribution in [0.1, 0.15) is 38.7 Å². The zero-order valence-electron chi connectivity index (χ0n) is 9.96. The van der Waals surface area contributed by atoms with Crippen LogP contribution in [0, 0.1) is 11.3 Å². The predicted molar refractivity (Wildman–Crippen MR) is 66.8 cm³/mol. The van der Waals surface area contributed by atoms with Crippen molar-refractivity contribution in [3.63, 3.8) is 0 Å². The van der Waals surface area contributed by atoms with Crippen LogP contribution in [0.15, 0.2) is 24.3 Å². The number of carbonyl (C=O) groups is 1. The molecule has 1 aromatic carbocycles. The van der Waals surface area contributed by atoms with E-state index in [-0.39, 0.29) is 11.3 Å². The van der Waals surface area contributed by atoms with Crippen LogP contribution in [0.4, 0.5) is 0 Å². The molecule has 0 amide bonds. The maximum atomic E-state index is 11.8. The second-order valence-corrected chi connectivity index (χ2v) is 5.59. The van der Waals surface area contributed by atoms with Crippen LogP contribution in [0.5, 0.6) is 0 Å². The lowest BCUT2D eigenvalue weighted by molar-refractivity contribution is -0.120. The molecule has 0 unspecified atom stereocenters. The van der Waals surface area contributed by atoms with Crippen LogP contribution in [0.3, 0.4) is 0 Å². The van der Waals surface area contributed by atoms with Gasteiger partial charge in [-0.3, -0.25) is 4.79 Å². The third-order valence-electron chi connectivity index (χ3n) is 3.73. The van der Waals surface area contributed by atoms with Gasteiger partial charge >= 0.3 is 0 Å². The first-order valence-corrected chi connectivity index (χ1v) is 6.14. The smallest absolute Gasteiger partial charge is 0.136 e. The van der Waals surface area contributed by atoms with E-state index >= 15 is 0 Å². The number of halogens is 1. The van der Waals surface area contributed by atoms with E-state index in [4.69, 9.17) is 11.6 Å². The van der Waals surface area contributed by atoms with Gasteiger partial charge in [-0.1, -0.05) is 44.5 Å². The van der Waals surface area contributed by atoms with Gasteiger partial charge in [0.15, 0.2) is 0 Å². The summed E-state index contributed by atoms with van der Waals surface area (Å²) >= 11 is 5.99. The Morgan fingerprint density at radius 3 is 2.69 bits per heavy atom. The molecule has 0 radical (unpaired) electrons. The van der Waals surface area contributed by atoms with Gasteiger partial charge in [0.05, 0.1) is 0 Å². The summed E-state index contributed by atoms with van der Waals surface area (Å²) < 4.78 is 0. The molecule has 0 bridgehead atoms. The van der Waals surface area contributed by atoms with Crippen molar-refractivity contribution < 1.29 is 4.79 Å². The molecular formula is C14H17ClO. The topological polar surface area (TPSA) is 17.1 Å². The number of benzene rings is 1. The molecule has 0 N–H and O–H groups in total. The average molecular weight is 237 g/mol. The summed E-state index contributed by atoms with van der Waals surface area (Å²) in [5.74, 6) is 0.893.